The van der Waals surface area contributed by atoms with Gasteiger partial charge in [0.1, 0.15) is 6.10 Å². The molecule has 3 rings (SSSR count). The molecule has 2 aliphatic carbocycles. The molecule has 1 aliphatic heterocycles. The molecule has 0 aromatic heterocycles. The molecule has 3 unspecified atom stereocenters. The van der Waals surface area contributed by atoms with Gasteiger partial charge in [0.05, 0.1) is 17.8 Å². The maximum absolute atomic E-state index is 10.0. The zero-order valence-corrected chi connectivity index (χ0v) is 11.6. The van der Waals surface area contributed by atoms with Gasteiger partial charge in [-0.2, -0.15) is 0 Å². The van der Waals surface area contributed by atoms with Crippen LogP contribution in [-0.2, 0) is 4.74 Å². The second-order valence-corrected chi connectivity index (χ2v) is 5.93. The quantitative estimate of drug-likeness (QED) is 0.771. The van der Waals surface area contributed by atoms with E-state index in [0.29, 0.717) is 5.92 Å². The number of allylic oxidation sites excluding steroid dienone is 2. The summed E-state index contributed by atoms with van der Waals surface area (Å²) < 4.78 is 6.19. The van der Waals surface area contributed by atoms with Crippen LogP contribution >= 0.6 is 0 Å². The average Bonchev–Trinajstić information content (AvgIpc) is 2.80. The molecule has 2 nitrogen and oxygen atoms in total. The van der Waals surface area contributed by atoms with E-state index in [9.17, 15) is 5.11 Å². The fourth-order valence-electron chi connectivity index (χ4n) is 3.75. The molecule has 0 saturated carbocycles. The number of rotatable bonds is 2. The van der Waals surface area contributed by atoms with Gasteiger partial charge in [-0.1, -0.05) is 25.3 Å². The molecule has 1 heterocycles. The van der Waals surface area contributed by atoms with Crippen molar-refractivity contribution < 1.29 is 9.84 Å². The molecule has 0 radical (unpaired) electrons. The van der Waals surface area contributed by atoms with Gasteiger partial charge in [0.2, 0.25) is 0 Å². The lowest BCUT2D eigenvalue weighted by atomic mass is 9.77. The van der Waals surface area contributed by atoms with Crippen LogP contribution in [0.25, 0.3) is 0 Å². The van der Waals surface area contributed by atoms with E-state index in [2.05, 4.69) is 18.9 Å². The highest BCUT2D eigenvalue weighted by Gasteiger charge is 2.40. The Morgan fingerprint density at radius 3 is 3.11 bits per heavy atom. The second-order valence-electron chi connectivity index (χ2n) is 5.93. The fourth-order valence-corrected chi connectivity index (χ4v) is 3.75. The number of aliphatic hydroxyl groups is 1. The normalized spacial score (nSPS) is 37.0. The van der Waals surface area contributed by atoms with Gasteiger partial charge in [-0.25, -0.2) is 0 Å². The number of aliphatic hydroxyl groups excluding tert-OH is 1. The first-order valence-electron chi connectivity index (χ1n) is 7.47. The summed E-state index contributed by atoms with van der Waals surface area (Å²) in [6, 6.07) is 0. The molecule has 19 heavy (non-hydrogen) atoms. The van der Waals surface area contributed by atoms with Crippen molar-refractivity contribution in [3.63, 3.8) is 0 Å². The van der Waals surface area contributed by atoms with E-state index in [1.807, 2.05) is 0 Å². The first kappa shape index (κ1) is 12.8. The third kappa shape index (κ3) is 2.11. The Labute approximate surface area is 115 Å². The minimum Gasteiger partial charge on any atom is -0.493 e. The van der Waals surface area contributed by atoms with E-state index >= 15 is 0 Å². The number of hydrogen-bond acceptors (Lipinski definition) is 2. The highest BCUT2D eigenvalue weighted by atomic mass is 16.5. The van der Waals surface area contributed by atoms with Crippen molar-refractivity contribution in [1.82, 2.24) is 0 Å². The van der Waals surface area contributed by atoms with Gasteiger partial charge in [-0.05, 0) is 36.8 Å². The second kappa shape index (κ2) is 5.06. The van der Waals surface area contributed by atoms with Gasteiger partial charge in [0.25, 0.3) is 0 Å². The Morgan fingerprint density at radius 1 is 1.53 bits per heavy atom. The lowest BCUT2D eigenvalue weighted by Gasteiger charge is -2.38. The van der Waals surface area contributed by atoms with Crippen LogP contribution in [-0.4, -0.2) is 17.3 Å². The molecule has 1 N–H and O–H groups in total. The van der Waals surface area contributed by atoms with E-state index in [4.69, 9.17) is 11.2 Å². The van der Waals surface area contributed by atoms with Gasteiger partial charge in [-0.15, -0.1) is 6.42 Å². The Hall–Kier alpha value is -1.20. The van der Waals surface area contributed by atoms with E-state index < -0.39 is 0 Å². The number of hydrogen-bond donors (Lipinski definition) is 1. The molecule has 4 atom stereocenters. The number of fused-ring (bicyclic) bond motifs is 2. The van der Waals surface area contributed by atoms with Gasteiger partial charge < -0.3 is 9.84 Å². The van der Waals surface area contributed by atoms with Crippen LogP contribution in [0.3, 0.4) is 0 Å². The number of terminal acetylenes is 1. The summed E-state index contributed by atoms with van der Waals surface area (Å²) in [6.07, 6.45) is 13.7. The van der Waals surface area contributed by atoms with Crippen LogP contribution in [0, 0.1) is 24.2 Å². The zero-order valence-electron chi connectivity index (χ0n) is 11.6. The van der Waals surface area contributed by atoms with E-state index in [1.165, 1.54) is 11.1 Å². The Morgan fingerprint density at radius 2 is 2.37 bits per heavy atom. The largest absolute Gasteiger partial charge is 0.493 e. The Bertz CT molecular complexity index is 466. The summed E-state index contributed by atoms with van der Waals surface area (Å²) in [5.74, 6) is 4.58. The average molecular weight is 258 g/mol. The van der Waals surface area contributed by atoms with E-state index in [0.717, 1.165) is 44.3 Å². The third-order valence-corrected chi connectivity index (χ3v) is 4.76. The smallest absolute Gasteiger partial charge is 0.112 e. The number of ether oxygens (including phenoxy) is 1. The van der Waals surface area contributed by atoms with Gasteiger partial charge in [0.15, 0.2) is 0 Å². The molecule has 2 heteroatoms. The van der Waals surface area contributed by atoms with E-state index in [-0.39, 0.29) is 18.1 Å². The lowest BCUT2D eigenvalue weighted by molar-refractivity contribution is 0.0425. The summed E-state index contributed by atoms with van der Waals surface area (Å²) in [5.41, 5.74) is 2.63. The van der Waals surface area contributed by atoms with Crippen LogP contribution in [0.1, 0.15) is 45.4 Å². The van der Waals surface area contributed by atoms with Gasteiger partial charge in [-0.3, -0.25) is 0 Å². The molecular formula is C17H22O2. The van der Waals surface area contributed by atoms with E-state index in [1.54, 1.807) is 0 Å². The summed E-state index contributed by atoms with van der Waals surface area (Å²) in [5, 5.41) is 10.0. The molecule has 0 fully saturated rings. The molecule has 0 aromatic rings. The molecule has 0 spiro atoms. The van der Waals surface area contributed by atoms with Crippen molar-refractivity contribution in [2.75, 3.05) is 0 Å². The summed E-state index contributed by atoms with van der Waals surface area (Å²) in [6.45, 7) is 2.17. The monoisotopic (exact) mass is 258 g/mol. The Balaban J connectivity index is 1.88. The van der Waals surface area contributed by atoms with Crippen molar-refractivity contribution in [2.45, 2.75) is 57.7 Å². The first-order valence-corrected chi connectivity index (χ1v) is 7.47. The van der Waals surface area contributed by atoms with Crippen molar-refractivity contribution in [3.05, 3.63) is 23.0 Å². The highest BCUT2D eigenvalue weighted by Crippen LogP contribution is 2.47. The standard InChI is InChI=1S/C17H22O2/c1-3-5-16-11(4-2)10-14-12-6-8-15(18)13(12)7-9-17(14)19-16/h2,6,11,13,15-16,18H,3,5,7-10H2,1H3/t11?,13?,15-,16?/m0/s1. The van der Waals surface area contributed by atoms with Crippen molar-refractivity contribution in [2.24, 2.45) is 11.8 Å². The summed E-state index contributed by atoms with van der Waals surface area (Å²) in [7, 11) is 0. The Kier molecular flexibility index (Phi) is 3.41. The highest BCUT2D eigenvalue weighted by molar-refractivity contribution is 5.43. The van der Waals surface area contributed by atoms with Crippen LogP contribution in [0.4, 0.5) is 0 Å². The van der Waals surface area contributed by atoms with Gasteiger partial charge in [0, 0.05) is 12.3 Å². The third-order valence-electron chi connectivity index (χ3n) is 4.76. The predicted octanol–water partition coefficient (Wildman–Crippen LogP) is 3.18. The molecule has 3 aliphatic rings. The molecule has 0 aromatic carbocycles. The van der Waals surface area contributed by atoms with Crippen LogP contribution in [0.2, 0.25) is 0 Å². The molecule has 0 amide bonds. The minimum absolute atomic E-state index is 0.191. The molecule has 0 bridgehead atoms. The maximum atomic E-state index is 10.0. The SMILES string of the molecule is C#CC1CC2=C(CCC3C2=CC[C@@H]3O)OC1CCC. The molecule has 0 saturated heterocycles. The van der Waals surface area contributed by atoms with Crippen LogP contribution < -0.4 is 0 Å². The van der Waals surface area contributed by atoms with Crippen LogP contribution in [0.5, 0.6) is 0 Å². The maximum Gasteiger partial charge on any atom is 0.112 e. The summed E-state index contributed by atoms with van der Waals surface area (Å²) >= 11 is 0. The lowest BCUT2D eigenvalue weighted by Crippen LogP contribution is -2.32. The topological polar surface area (TPSA) is 29.5 Å². The van der Waals surface area contributed by atoms with Gasteiger partial charge >= 0.3 is 0 Å². The van der Waals surface area contributed by atoms with Crippen LogP contribution in [0.15, 0.2) is 23.0 Å². The predicted molar refractivity (Wildman–Crippen MR) is 75.2 cm³/mol. The van der Waals surface area contributed by atoms with Crippen molar-refractivity contribution >= 4 is 0 Å². The van der Waals surface area contributed by atoms with Crippen molar-refractivity contribution in [1.29, 1.82) is 0 Å². The summed E-state index contributed by atoms with van der Waals surface area (Å²) in [4.78, 5) is 0. The molecular weight excluding hydrogens is 236 g/mol. The van der Waals surface area contributed by atoms with Crippen molar-refractivity contribution in [3.8, 4) is 12.3 Å². The fraction of sp³-hybridized carbons (Fsp3) is 0.647. The zero-order chi connectivity index (χ0) is 13.4. The minimum atomic E-state index is -0.193. The molecule has 102 valence electrons. The first-order chi connectivity index (χ1) is 9.24.